The molecule has 4 aromatic rings. The summed E-state index contributed by atoms with van der Waals surface area (Å²) >= 11 is 0. The smallest absolute Gasteiger partial charge is 0.221 e. The van der Waals surface area contributed by atoms with Crippen LogP contribution in [0.25, 0.3) is 10.9 Å². The van der Waals surface area contributed by atoms with Gasteiger partial charge in [0.1, 0.15) is 5.75 Å². The number of hydrogen-bond donors (Lipinski definition) is 2. The van der Waals surface area contributed by atoms with Crippen LogP contribution >= 0.6 is 0 Å². The minimum absolute atomic E-state index is 0.0123. The lowest BCUT2D eigenvalue weighted by molar-refractivity contribution is -0.121. The highest BCUT2D eigenvalue weighted by molar-refractivity contribution is 5.88. The van der Waals surface area contributed by atoms with E-state index in [0.717, 1.165) is 39.8 Å². The van der Waals surface area contributed by atoms with Crippen molar-refractivity contribution < 1.29 is 9.53 Å². The van der Waals surface area contributed by atoms with Crippen LogP contribution in [0.4, 0.5) is 0 Å². The Morgan fingerprint density at radius 2 is 1.72 bits per heavy atom. The Hall–Kier alpha value is -3.53. The van der Waals surface area contributed by atoms with Crippen LogP contribution in [0.1, 0.15) is 54.5 Å². The maximum atomic E-state index is 13.2. The van der Waals surface area contributed by atoms with Crippen LogP contribution in [-0.4, -0.2) is 18.0 Å². The average molecular weight is 427 g/mol. The number of H-pyrrole nitrogens is 1. The van der Waals surface area contributed by atoms with Crippen molar-refractivity contribution in [3.63, 3.8) is 0 Å². The second kappa shape index (κ2) is 9.73. The number of fused-ring (bicyclic) bond motifs is 1. The molecule has 0 aliphatic heterocycles. The molecule has 164 valence electrons. The molecule has 0 spiro atoms. The first-order chi connectivity index (χ1) is 15.6. The van der Waals surface area contributed by atoms with Crippen LogP contribution in [0.15, 0.2) is 79.0 Å². The van der Waals surface area contributed by atoms with E-state index in [-0.39, 0.29) is 17.9 Å². The SMILES string of the molecule is CCc1cccc2c([C@H](CC(=O)N[C@@H](C)c3ccccc3)c3ccccc3OC)c[nH]c12. The van der Waals surface area contributed by atoms with Crippen molar-refractivity contribution >= 4 is 16.8 Å². The number of methoxy groups -OCH3 is 1. The molecule has 4 heteroatoms. The summed E-state index contributed by atoms with van der Waals surface area (Å²) in [6, 6.07) is 24.3. The number of para-hydroxylation sites is 2. The van der Waals surface area contributed by atoms with Crippen LogP contribution in [0, 0.1) is 0 Å². The first-order valence-corrected chi connectivity index (χ1v) is 11.2. The van der Waals surface area contributed by atoms with Crippen molar-refractivity contribution in [2.24, 2.45) is 0 Å². The lowest BCUT2D eigenvalue weighted by Gasteiger charge is -2.21. The van der Waals surface area contributed by atoms with Gasteiger partial charge in [0.2, 0.25) is 5.91 Å². The number of ether oxygens (including phenoxy) is 1. The Labute approximate surface area is 189 Å². The summed E-state index contributed by atoms with van der Waals surface area (Å²) in [6.07, 6.45) is 3.33. The quantitative estimate of drug-likeness (QED) is 0.356. The summed E-state index contributed by atoms with van der Waals surface area (Å²) in [5.41, 5.74) is 5.63. The third-order valence-corrected chi connectivity index (χ3v) is 6.17. The number of benzene rings is 3. The summed E-state index contributed by atoms with van der Waals surface area (Å²) in [5.74, 6) is 0.677. The zero-order valence-corrected chi connectivity index (χ0v) is 18.9. The first kappa shape index (κ1) is 21.7. The molecule has 0 saturated heterocycles. The first-order valence-electron chi connectivity index (χ1n) is 11.2. The molecule has 1 amide bonds. The predicted molar refractivity (Wildman–Crippen MR) is 130 cm³/mol. The summed E-state index contributed by atoms with van der Waals surface area (Å²) in [7, 11) is 1.68. The van der Waals surface area contributed by atoms with Gasteiger partial charge in [-0.1, -0.05) is 73.7 Å². The van der Waals surface area contributed by atoms with Crippen molar-refractivity contribution in [2.45, 2.75) is 38.6 Å². The monoisotopic (exact) mass is 426 g/mol. The van der Waals surface area contributed by atoms with Gasteiger partial charge in [-0.15, -0.1) is 0 Å². The molecule has 1 aromatic heterocycles. The molecule has 1 heterocycles. The van der Waals surface area contributed by atoms with E-state index in [1.807, 2.05) is 55.5 Å². The van der Waals surface area contributed by atoms with E-state index in [4.69, 9.17) is 4.74 Å². The summed E-state index contributed by atoms with van der Waals surface area (Å²) in [4.78, 5) is 16.7. The molecule has 0 unspecified atom stereocenters. The van der Waals surface area contributed by atoms with Crippen LogP contribution in [0.3, 0.4) is 0 Å². The van der Waals surface area contributed by atoms with Gasteiger partial charge in [0, 0.05) is 35.0 Å². The second-order valence-corrected chi connectivity index (χ2v) is 8.14. The van der Waals surface area contributed by atoms with Crippen molar-refractivity contribution in [1.82, 2.24) is 10.3 Å². The Kier molecular flexibility index (Phi) is 6.60. The number of amides is 1. The molecule has 4 rings (SSSR count). The van der Waals surface area contributed by atoms with E-state index in [1.54, 1.807) is 7.11 Å². The van der Waals surface area contributed by atoms with Gasteiger partial charge in [-0.25, -0.2) is 0 Å². The highest BCUT2D eigenvalue weighted by Gasteiger charge is 2.25. The Bertz CT molecular complexity index is 1200. The third-order valence-electron chi connectivity index (χ3n) is 6.17. The summed E-state index contributed by atoms with van der Waals surface area (Å²) in [5, 5.41) is 4.33. The molecule has 0 aliphatic carbocycles. The topological polar surface area (TPSA) is 54.1 Å². The average Bonchev–Trinajstić information content (AvgIpc) is 3.27. The van der Waals surface area contributed by atoms with E-state index in [2.05, 4.69) is 47.7 Å². The van der Waals surface area contributed by atoms with E-state index in [9.17, 15) is 4.79 Å². The standard InChI is InChI=1S/C28H30N2O2/c1-4-20-13-10-15-23-25(18-29-28(20)23)24(22-14-8-9-16-26(22)32-3)17-27(31)30-19(2)21-11-6-5-7-12-21/h5-16,18-19,24,29H,4,17H2,1-3H3,(H,30,31)/t19-,24+/m0/s1. The fourth-order valence-electron chi connectivity index (χ4n) is 4.47. The number of aryl methyl sites for hydroxylation is 1. The molecular weight excluding hydrogens is 396 g/mol. The van der Waals surface area contributed by atoms with Crippen molar-refractivity contribution in [3.8, 4) is 5.75 Å². The minimum Gasteiger partial charge on any atom is -0.496 e. The van der Waals surface area contributed by atoms with Gasteiger partial charge in [-0.05, 0) is 36.1 Å². The highest BCUT2D eigenvalue weighted by atomic mass is 16.5. The Balaban J connectivity index is 1.70. The lowest BCUT2D eigenvalue weighted by atomic mass is 9.87. The van der Waals surface area contributed by atoms with Gasteiger partial charge in [-0.2, -0.15) is 0 Å². The number of hydrogen-bond acceptors (Lipinski definition) is 2. The van der Waals surface area contributed by atoms with Crippen LogP contribution < -0.4 is 10.1 Å². The number of nitrogens with one attached hydrogen (secondary N) is 2. The van der Waals surface area contributed by atoms with Gasteiger partial charge >= 0.3 is 0 Å². The number of rotatable bonds is 8. The highest BCUT2D eigenvalue weighted by Crippen LogP contribution is 2.38. The maximum absolute atomic E-state index is 13.2. The van der Waals surface area contributed by atoms with Gasteiger partial charge in [0.05, 0.1) is 13.2 Å². The molecule has 2 N–H and O–H groups in total. The molecule has 0 radical (unpaired) electrons. The molecule has 3 aromatic carbocycles. The largest absolute Gasteiger partial charge is 0.496 e. The van der Waals surface area contributed by atoms with Gasteiger partial charge < -0.3 is 15.0 Å². The molecule has 0 saturated carbocycles. The fourth-order valence-corrected chi connectivity index (χ4v) is 4.47. The molecule has 0 fully saturated rings. The normalized spacial score (nSPS) is 13.0. The molecule has 4 nitrogen and oxygen atoms in total. The number of carbonyl (C=O) groups excluding carboxylic acids is 1. The Morgan fingerprint density at radius 3 is 2.47 bits per heavy atom. The molecule has 0 bridgehead atoms. The zero-order chi connectivity index (χ0) is 22.5. The van der Waals surface area contributed by atoms with E-state index >= 15 is 0 Å². The van der Waals surface area contributed by atoms with Gasteiger partial charge in [0.15, 0.2) is 0 Å². The van der Waals surface area contributed by atoms with Crippen molar-refractivity contribution in [3.05, 3.63) is 101 Å². The summed E-state index contributed by atoms with van der Waals surface area (Å²) in [6.45, 7) is 4.18. The Morgan fingerprint density at radius 1 is 0.969 bits per heavy atom. The summed E-state index contributed by atoms with van der Waals surface area (Å²) < 4.78 is 5.67. The number of aromatic nitrogens is 1. The molecule has 32 heavy (non-hydrogen) atoms. The van der Waals surface area contributed by atoms with Crippen molar-refractivity contribution in [1.29, 1.82) is 0 Å². The molecule has 2 atom stereocenters. The number of aromatic amines is 1. The van der Waals surface area contributed by atoms with Gasteiger partial charge in [-0.3, -0.25) is 4.79 Å². The van der Waals surface area contributed by atoms with Gasteiger partial charge in [0.25, 0.3) is 0 Å². The zero-order valence-electron chi connectivity index (χ0n) is 18.9. The van der Waals surface area contributed by atoms with Crippen LogP contribution in [-0.2, 0) is 11.2 Å². The van der Waals surface area contributed by atoms with E-state index < -0.39 is 0 Å². The molecule has 0 aliphatic rings. The number of carbonyl (C=O) groups is 1. The fraction of sp³-hybridized carbons (Fsp3) is 0.250. The van der Waals surface area contributed by atoms with Crippen LogP contribution in [0.5, 0.6) is 5.75 Å². The predicted octanol–water partition coefficient (Wildman–Crippen LogP) is 6.14. The second-order valence-electron chi connectivity index (χ2n) is 8.14. The van der Waals surface area contributed by atoms with E-state index in [0.29, 0.717) is 6.42 Å². The third kappa shape index (κ3) is 4.40. The van der Waals surface area contributed by atoms with Crippen LogP contribution in [0.2, 0.25) is 0 Å². The molecular formula is C28H30N2O2. The van der Waals surface area contributed by atoms with Crippen molar-refractivity contribution in [2.75, 3.05) is 7.11 Å². The van der Waals surface area contributed by atoms with E-state index in [1.165, 1.54) is 5.56 Å². The lowest BCUT2D eigenvalue weighted by Crippen LogP contribution is -2.28. The minimum atomic E-state index is -0.130. The maximum Gasteiger partial charge on any atom is 0.221 e.